The number of halogens is 1. The second kappa shape index (κ2) is 8.15. The topological polar surface area (TPSA) is 67.0 Å². The van der Waals surface area contributed by atoms with Gasteiger partial charge in [0.1, 0.15) is 6.10 Å². The largest absolute Gasteiger partial charge is 0.462 e. The number of rotatable bonds is 6. The summed E-state index contributed by atoms with van der Waals surface area (Å²) >= 11 is 1.73. The van der Waals surface area contributed by atoms with E-state index < -0.39 is 0 Å². The van der Waals surface area contributed by atoms with Crippen LogP contribution in [0.5, 0.6) is 0 Å². The number of thioether (sulfide) groups is 1. The summed E-state index contributed by atoms with van der Waals surface area (Å²) in [5, 5.41) is 10.5. The molecule has 1 saturated carbocycles. The quantitative estimate of drug-likeness (QED) is 0.644. The van der Waals surface area contributed by atoms with E-state index in [1.165, 1.54) is 0 Å². The molecule has 1 aliphatic carbocycles. The van der Waals surface area contributed by atoms with Crippen molar-refractivity contribution in [3.05, 3.63) is 40.8 Å². The number of aromatic nitrogens is 2. The van der Waals surface area contributed by atoms with Gasteiger partial charge in [0.2, 0.25) is 0 Å². The van der Waals surface area contributed by atoms with Gasteiger partial charge in [0.25, 0.3) is 0 Å². The zero-order valence-electron chi connectivity index (χ0n) is 16.3. The van der Waals surface area contributed by atoms with Crippen molar-refractivity contribution in [1.29, 1.82) is 0 Å². The summed E-state index contributed by atoms with van der Waals surface area (Å²) in [5.41, 5.74) is 3.35. The van der Waals surface area contributed by atoms with Crippen molar-refractivity contribution in [2.24, 2.45) is 5.92 Å². The van der Waals surface area contributed by atoms with Crippen molar-refractivity contribution in [3.63, 3.8) is 0 Å². The molecule has 2 aliphatic rings. The lowest BCUT2D eigenvalue weighted by Crippen LogP contribution is -2.20. The van der Waals surface area contributed by atoms with E-state index in [9.17, 15) is 9.18 Å². The fourth-order valence-electron chi connectivity index (χ4n) is 3.84. The first-order chi connectivity index (χ1) is 13.5. The van der Waals surface area contributed by atoms with Crippen molar-refractivity contribution in [2.75, 3.05) is 5.32 Å². The van der Waals surface area contributed by atoms with Gasteiger partial charge in [-0.2, -0.15) is 16.9 Å². The SMILES string of the molecule is CCC(C)C(=O)OC1CCC(c2cc(Nc3ccc4c(c3F)CSC4)n[nH]2)C1. The summed E-state index contributed by atoms with van der Waals surface area (Å²) in [6.07, 6.45) is 3.38. The molecule has 2 aromatic rings. The van der Waals surface area contributed by atoms with E-state index >= 15 is 0 Å². The van der Waals surface area contributed by atoms with Gasteiger partial charge < -0.3 is 10.1 Å². The number of nitrogens with zero attached hydrogens (tertiary/aromatic N) is 1. The van der Waals surface area contributed by atoms with E-state index in [1.807, 2.05) is 26.0 Å². The minimum atomic E-state index is -0.176. The van der Waals surface area contributed by atoms with Crippen LogP contribution in [0.25, 0.3) is 0 Å². The van der Waals surface area contributed by atoms with Gasteiger partial charge in [-0.05, 0) is 37.3 Å². The maximum Gasteiger partial charge on any atom is 0.308 e. The number of benzene rings is 1. The van der Waals surface area contributed by atoms with Crippen LogP contribution < -0.4 is 5.32 Å². The number of hydrogen-bond donors (Lipinski definition) is 2. The number of anilines is 2. The predicted octanol–water partition coefficient (Wildman–Crippen LogP) is 5.26. The third kappa shape index (κ3) is 3.90. The summed E-state index contributed by atoms with van der Waals surface area (Å²) in [4.78, 5) is 12.0. The molecule has 3 atom stereocenters. The Hall–Kier alpha value is -2.02. The molecule has 0 bridgehead atoms. The van der Waals surface area contributed by atoms with Gasteiger partial charge in [0.05, 0.1) is 11.6 Å². The van der Waals surface area contributed by atoms with Crippen LogP contribution in [0.4, 0.5) is 15.9 Å². The second-order valence-electron chi connectivity index (χ2n) is 7.77. The Bertz CT molecular complexity index is 869. The maximum atomic E-state index is 14.7. The third-order valence-electron chi connectivity index (χ3n) is 5.83. The van der Waals surface area contributed by atoms with E-state index in [0.29, 0.717) is 11.5 Å². The number of H-pyrrole nitrogens is 1. The van der Waals surface area contributed by atoms with E-state index in [1.54, 1.807) is 17.8 Å². The monoisotopic (exact) mass is 403 g/mol. The lowest BCUT2D eigenvalue weighted by Gasteiger charge is -2.15. The first kappa shape index (κ1) is 19.3. The van der Waals surface area contributed by atoms with Crippen molar-refractivity contribution in [1.82, 2.24) is 10.2 Å². The van der Waals surface area contributed by atoms with E-state index in [4.69, 9.17) is 4.74 Å². The number of aromatic amines is 1. The lowest BCUT2D eigenvalue weighted by atomic mass is 10.0. The zero-order valence-corrected chi connectivity index (χ0v) is 17.1. The van der Waals surface area contributed by atoms with Gasteiger partial charge >= 0.3 is 5.97 Å². The number of hydrogen-bond acceptors (Lipinski definition) is 5. The molecule has 28 heavy (non-hydrogen) atoms. The smallest absolute Gasteiger partial charge is 0.308 e. The number of esters is 1. The Morgan fingerprint density at radius 1 is 1.43 bits per heavy atom. The van der Waals surface area contributed by atoms with Crippen LogP contribution in [0.2, 0.25) is 0 Å². The molecule has 1 aromatic heterocycles. The molecule has 2 heterocycles. The molecule has 150 valence electrons. The van der Waals surface area contributed by atoms with Crippen LogP contribution in [-0.4, -0.2) is 22.3 Å². The highest BCUT2D eigenvalue weighted by molar-refractivity contribution is 7.98. The Balaban J connectivity index is 1.38. The first-order valence-corrected chi connectivity index (χ1v) is 11.1. The normalized spacial score (nSPS) is 22.1. The molecule has 0 amide bonds. The summed E-state index contributed by atoms with van der Waals surface area (Å²) in [6.45, 7) is 3.89. The average Bonchev–Trinajstić information content (AvgIpc) is 3.43. The molecular weight excluding hydrogens is 377 g/mol. The highest BCUT2D eigenvalue weighted by atomic mass is 32.2. The molecule has 0 radical (unpaired) electrons. The molecule has 7 heteroatoms. The molecule has 2 N–H and O–H groups in total. The molecule has 1 aromatic carbocycles. The minimum absolute atomic E-state index is 0.0298. The van der Waals surface area contributed by atoms with E-state index in [-0.39, 0.29) is 29.7 Å². The second-order valence-corrected chi connectivity index (χ2v) is 8.75. The van der Waals surface area contributed by atoms with Crippen molar-refractivity contribution < 1.29 is 13.9 Å². The van der Waals surface area contributed by atoms with Gasteiger partial charge in [-0.3, -0.25) is 9.89 Å². The Morgan fingerprint density at radius 2 is 2.29 bits per heavy atom. The number of carbonyl (C=O) groups excluding carboxylic acids is 1. The molecule has 0 saturated heterocycles. The van der Waals surface area contributed by atoms with Crippen LogP contribution in [0.3, 0.4) is 0 Å². The van der Waals surface area contributed by atoms with Crippen LogP contribution >= 0.6 is 11.8 Å². The van der Waals surface area contributed by atoms with Crippen molar-refractivity contribution >= 4 is 29.2 Å². The van der Waals surface area contributed by atoms with E-state index in [2.05, 4.69) is 15.5 Å². The number of ether oxygens (including phenoxy) is 1. The molecule has 0 spiro atoms. The van der Waals surface area contributed by atoms with E-state index in [0.717, 1.165) is 54.0 Å². The number of fused-ring (bicyclic) bond motifs is 1. The minimum Gasteiger partial charge on any atom is -0.462 e. The summed E-state index contributed by atoms with van der Waals surface area (Å²) < 4.78 is 20.3. The van der Waals surface area contributed by atoms with Crippen molar-refractivity contribution in [2.45, 2.75) is 63.1 Å². The van der Waals surface area contributed by atoms with Gasteiger partial charge in [-0.1, -0.05) is 19.9 Å². The van der Waals surface area contributed by atoms with Crippen LogP contribution in [0.1, 0.15) is 62.3 Å². The fraction of sp³-hybridized carbons (Fsp3) is 0.524. The number of nitrogens with one attached hydrogen (secondary N) is 2. The Kier molecular flexibility index (Phi) is 5.62. The highest BCUT2D eigenvalue weighted by Gasteiger charge is 2.30. The van der Waals surface area contributed by atoms with Gasteiger partial charge in [-0.25, -0.2) is 4.39 Å². The predicted molar refractivity (Wildman–Crippen MR) is 109 cm³/mol. The Morgan fingerprint density at radius 3 is 3.11 bits per heavy atom. The average molecular weight is 404 g/mol. The first-order valence-electron chi connectivity index (χ1n) is 9.96. The van der Waals surface area contributed by atoms with Gasteiger partial charge in [0.15, 0.2) is 11.6 Å². The van der Waals surface area contributed by atoms with Gasteiger partial charge in [-0.15, -0.1) is 0 Å². The molecular formula is C21H26FN3O2S. The van der Waals surface area contributed by atoms with Crippen LogP contribution in [-0.2, 0) is 21.0 Å². The molecule has 4 rings (SSSR count). The van der Waals surface area contributed by atoms with Crippen LogP contribution in [0, 0.1) is 11.7 Å². The summed E-state index contributed by atoms with van der Waals surface area (Å²) in [5.74, 6) is 2.15. The van der Waals surface area contributed by atoms with Crippen LogP contribution in [0.15, 0.2) is 18.2 Å². The summed E-state index contributed by atoms with van der Waals surface area (Å²) in [6, 6.07) is 5.71. The fourth-order valence-corrected chi connectivity index (χ4v) is 4.95. The molecule has 3 unspecified atom stereocenters. The van der Waals surface area contributed by atoms with Crippen molar-refractivity contribution in [3.8, 4) is 0 Å². The Labute approximate surface area is 168 Å². The standard InChI is InChI=1S/C21H26FN3O2S/c1-3-12(2)21(26)27-15-6-4-13(8-15)18-9-19(25-24-18)23-17-7-5-14-10-28-11-16(14)20(17)22/h5,7,9,12-13,15H,3-4,6,8,10-11H2,1-2H3,(H2,23,24,25). The third-order valence-corrected chi connectivity index (χ3v) is 6.83. The lowest BCUT2D eigenvalue weighted by molar-refractivity contribution is -0.153. The number of carbonyl (C=O) groups is 1. The highest BCUT2D eigenvalue weighted by Crippen LogP contribution is 2.38. The summed E-state index contributed by atoms with van der Waals surface area (Å²) in [7, 11) is 0. The molecule has 5 nitrogen and oxygen atoms in total. The molecule has 1 fully saturated rings. The van der Waals surface area contributed by atoms with Gasteiger partial charge in [0, 0.05) is 34.7 Å². The maximum absolute atomic E-state index is 14.7. The zero-order chi connectivity index (χ0) is 19.7. The molecule has 1 aliphatic heterocycles.